The van der Waals surface area contributed by atoms with Gasteiger partial charge in [0.1, 0.15) is 16.8 Å². The summed E-state index contributed by atoms with van der Waals surface area (Å²) in [6.07, 6.45) is 4.10. The number of hydrogen-bond donors (Lipinski definition) is 1. The van der Waals surface area contributed by atoms with Crippen molar-refractivity contribution in [1.82, 2.24) is 9.97 Å². The Balaban J connectivity index is 1.82. The van der Waals surface area contributed by atoms with Gasteiger partial charge in [-0.2, -0.15) is 0 Å². The summed E-state index contributed by atoms with van der Waals surface area (Å²) in [5.74, 6) is 1.81. The van der Waals surface area contributed by atoms with Crippen molar-refractivity contribution in [3.8, 4) is 0 Å². The quantitative estimate of drug-likeness (QED) is 0.856. The van der Waals surface area contributed by atoms with E-state index >= 15 is 0 Å². The highest BCUT2D eigenvalue weighted by Gasteiger charge is 2.29. The lowest BCUT2D eigenvalue weighted by atomic mass is 9.97. The first-order valence-corrected chi connectivity index (χ1v) is 7.10. The Morgan fingerprint density at radius 1 is 1.37 bits per heavy atom. The standard InChI is InChI=1S/C13H17ClN4O/c14-10-6-11(17-13(16-10)8-3-4-8)18-5-1-2-9(7-18)12(15)19/h6,8-9H,1-5,7H2,(H2,15,19). The maximum absolute atomic E-state index is 11.3. The molecule has 0 aromatic carbocycles. The van der Waals surface area contributed by atoms with Gasteiger partial charge in [-0.15, -0.1) is 0 Å². The predicted octanol–water partition coefficient (Wildman–Crippen LogP) is 1.71. The maximum Gasteiger partial charge on any atom is 0.222 e. The fraction of sp³-hybridized carbons (Fsp3) is 0.615. The number of amides is 1. The van der Waals surface area contributed by atoms with Crippen LogP contribution in [0.2, 0.25) is 5.15 Å². The first kappa shape index (κ1) is 12.7. The van der Waals surface area contributed by atoms with Gasteiger partial charge in [-0.05, 0) is 25.7 Å². The molecule has 1 saturated heterocycles. The molecule has 1 unspecified atom stereocenters. The molecule has 1 aromatic heterocycles. The minimum atomic E-state index is -0.229. The van der Waals surface area contributed by atoms with Crippen molar-refractivity contribution in [3.05, 3.63) is 17.0 Å². The highest BCUT2D eigenvalue weighted by molar-refractivity contribution is 6.29. The molecule has 6 heteroatoms. The van der Waals surface area contributed by atoms with Crippen LogP contribution in [-0.4, -0.2) is 29.0 Å². The smallest absolute Gasteiger partial charge is 0.222 e. The van der Waals surface area contributed by atoms with Crippen LogP contribution in [0.1, 0.15) is 37.4 Å². The van der Waals surface area contributed by atoms with Crippen LogP contribution in [0.5, 0.6) is 0 Å². The first-order chi connectivity index (χ1) is 9.13. The van der Waals surface area contributed by atoms with Crippen LogP contribution in [0.3, 0.4) is 0 Å². The van der Waals surface area contributed by atoms with E-state index in [9.17, 15) is 4.79 Å². The Bertz CT molecular complexity index is 503. The van der Waals surface area contributed by atoms with Crippen LogP contribution >= 0.6 is 11.6 Å². The van der Waals surface area contributed by atoms with Gasteiger partial charge in [0.25, 0.3) is 0 Å². The molecule has 1 aliphatic carbocycles. The maximum atomic E-state index is 11.3. The number of nitrogens with two attached hydrogens (primary N) is 1. The minimum Gasteiger partial charge on any atom is -0.369 e. The average molecular weight is 281 g/mol. The lowest BCUT2D eigenvalue weighted by Gasteiger charge is -2.32. The fourth-order valence-corrected chi connectivity index (χ4v) is 2.71. The van der Waals surface area contributed by atoms with Gasteiger partial charge >= 0.3 is 0 Å². The van der Waals surface area contributed by atoms with Crippen molar-refractivity contribution in [2.75, 3.05) is 18.0 Å². The molecule has 2 fully saturated rings. The normalized spacial score (nSPS) is 23.4. The lowest BCUT2D eigenvalue weighted by Crippen LogP contribution is -2.41. The summed E-state index contributed by atoms with van der Waals surface area (Å²) in [6, 6.07) is 1.77. The van der Waals surface area contributed by atoms with Crippen molar-refractivity contribution in [2.24, 2.45) is 11.7 Å². The molecule has 102 valence electrons. The Kier molecular flexibility index (Phi) is 3.31. The summed E-state index contributed by atoms with van der Waals surface area (Å²) in [5.41, 5.74) is 5.40. The molecular formula is C13H17ClN4O. The molecular weight excluding hydrogens is 264 g/mol. The summed E-state index contributed by atoms with van der Waals surface area (Å²) >= 11 is 6.07. The molecule has 5 nitrogen and oxygen atoms in total. The van der Waals surface area contributed by atoms with Crippen molar-refractivity contribution >= 4 is 23.3 Å². The van der Waals surface area contributed by atoms with Gasteiger partial charge in [0, 0.05) is 25.1 Å². The molecule has 0 radical (unpaired) electrons. The van der Waals surface area contributed by atoms with Gasteiger partial charge in [0.05, 0.1) is 5.92 Å². The monoisotopic (exact) mass is 280 g/mol. The molecule has 1 atom stereocenters. The Morgan fingerprint density at radius 3 is 2.84 bits per heavy atom. The highest BCUT2D eigenvalue weighted by atomic mass is 35.5. The van der Waals surface area contributed by atoms with Gasteiger partial charge in [-0.25, -0.2) is 9.97 Å². The first-order valence-electron chi connectivity index (χ1n) is 6.72. The Morgan fingerprint density at radius 2 is 2.16 bits per heavy atom. The van der Waals surface area contributed by atoms with E-state index < -0.39 is 0 Å². The Hall–Kier alpha value is -1.36. The number of carbonyl (C=O) groups is 1. The third-order valence-corrected chi connectivity index (χ3v) is 3.98. The molecule has 3 rings (SSSR count). The Labute approximate surface area is 117 Å². The number of hydrogen-bond acceptors (Lipinski definition) is 4. The lowest BCUT2D eigenvalue weighted by molar-refractivity contribution is -0.122. The number of primary amides is 1. The van der Waals surface area contributed by atoms with E-state index in [1.807, 2.05) is 0 Å². The third kappa shape index (κ3) is 2.81. The van der Waals surface area contributed by atoms with Crippen LogP contribution in [0.4, 0.5) is 5.82 Å². The molecule has 2 N–H and O–H groups in total. The van der Waals surface area contributed by atoms with E-state index in [2.05, 4.69) is 14.9 Å². The number of rotatable bonds is 3. The molecule has 0 spiro atoms. The van der Waals surface area contributed by atoms with E-state index in [-0.39, 0.29) is 11.8 Å². The van der Waals surface area contributed by atoms with Crippen LogP contribution < -0.4 is 10.6 Å². The van der Waals surface area contributed by atoms with Gasteiger partial charge in [0.2, 0.25) is 5.91 Å². The predicted molar refractivity (Wildman–Crippen MR) is 73.1 cm³/mol. The number of carbonyl (C=O) groups excluding carboxylic acids is 1. The third-order valence-electron chi connectivity index (χ3n) is 3.79. The number of anilines is 1. The minimum absolute atomic E-state index is 0.0909. The SMILES string of the molecule is NC(=O)C1CCCN(c2cc(Cl)nc(C3CC3)n2)C1. The van der Waals surface area contributed by atoms with E-state index in [4.69, 9.17) is 17.3 Å². The van der Waals surface area contributed by atoms with Crippen molar-refractivity contribution in [3.63, 3.8) is 0 Å². The fourth-order valence-electron chi connectivity index (χ4n) is 2.53. The second-order valence-electron chi connectivity index (χ2n) is 5.37. The summed E-state index contributed by atoms with van der Waals surface area (Å²) in [4.78, 5) is 22.3. The number of nitrogens with zero attached hydrogens (tertiary/aromatic N) is 3. The van der Waals surface area contributed by atoms with Crippen molar-refractivity contribution in [2.45, 2.75) is 31.6 Å². The van der Waals surface area contributed by atoms with Gasteiger partial charge in [-0.3, -0.25) is 4.79 Å². The number of piperidine rings is 1. The van der Waals surface area contributed by atoms with Crippen molar-refractivity contribution in [1.29, 1.82) is 0 Å². The van der Waals surface area contributed by atoms with Crippen LogP contribution in [0.25, 0.3) is 0 Å². The highest BCUT2D eigenvalue weighted by Crippen LogP contribution is 2.39. The second-order valence-corrected chi connectivity index (χ2v) is 5.76. The second kappa shape index (κ2) is 4.96. The largest absolute Gasteiger partial charge is 0.369 e. The van der Waals surface area contributed by atoms with Gasteiger partial charge in [-0.1, -0.05) is 11.6 Å². The summed E-state index contributed by atoms with van der Waals surface area (Å²) in [5, 5.41) is 0.480. The topological polar surface area (TPSA) is 72.1 Å². The van der Waals surface area contributed by atoms with E-state index in [1.165, 1.54) is 0 Å². The summed E-state index contributed by atoms with van der Waals surface area (Å²) in [7, 11) is 0. The van der Waals surface area contributed by atoms with Gasteiger partial charge < -0.3 is 10.6 Å². The summed E-state index contributed by atoms with van der Waals surface area (Å²) < 4.78 is 0. The molecule has 19 heavy (non-hydrogen) atoms. The van der Waals surface area contributed by atoms with E-state index in [1.54, 1.807) is 6.07 Å². The molecule has 1 aliphatic heterocycles. The van der Waals surface area contributed by atoms with Crippen LogP contribution in [0, 0.1) is 5.92 Å². The molecule has 1 amide bonds. The van der Waals surface area contributed by atoms with Crippen LogP contribution in [-0.2, 0) is 4.79 Å². The summed E-state index contributed by atoms with van der Waals surface area (Å²) in [6.45, 7) is 1.52. The zero-order valence-electron chi connectivity index (χ0n) is 10.7. The van der Waals surface area contributed by atoms with Crippen molar-refractivity contribution < 1.29 is 4.79 Å². The van der Waals surface area contributed by atoms with E-state index in [0.717, 1.165) is 43.9 Å². The zero-order valence-corrected chi connectivity index (χ0v) is 11.4. The molecule has 0 bridgehead atoms. The zero-order chi connectivity index (χ0) is 13.4. The molecule has 2 aliphatic rings. The molecule has 2 heterocycles. The number of halogens is 1. The van der Waals surface area contributed by atoms with Gasteiger partial charge in [0.15, 0.2) is 0 Å². The molecule has 1 aromatic rings. The molecule has 1 saturated carbocycles. The van der Waals surface area contributed by atoms with E-state index in [0.29, 0.717) is 17.6 Å². The average Bonchev–Trinajstić information content (AvgIpc) is 3.22. The number of aromatic nitrogens is 2. The van der Waals surface area contributed by atoms with Crippen LogP contribution in [0.15, 0.2) is 6.07 Å².